The minimum Gasteiger partial charge on any atom is -0.362 e. The summed E-state index contributed by atoms with van der Waals surface area (Å²) in [5.41, 5.74) is 3.64. The molecule has 2 N–H and O–H groups in total. The Kier molecular flexibility index (Phi) is 6.25. The van der Waals surface area contributed by atoms with Gasteiger partial charge in [-0.05, 0) is 37.1 Å². The number of halogens is 1. The van der Waals surface area contributed by atoms with Gasteiger partial charge >= 0.3 is 0 Å². The predicted octanol–water partition coefficient (Wildman–Crippen LogP) is 4.43. The van der Waals surface area contributed by atoms with Crippen LogP contribution in [0.15, 0.2) is 48.9 Å². The SMILES string of the molecule is Cc1ccccc1C(C)NCCc1nc2c(NCc3ncccc3F)ncnc2s1. The Morgan fingerprint density at radius 3 is 2.80 bits per heavy atom. The summed E-state index contributed by atoms with van der Waals surface area (Å²) >= 11 is 1.55. The Hall–Kier alpha value is -2.97. The van der Waals surface area contributed by atoms with Gasteiger partial charge in [-0.15, -0.1) is 0 Å². The van der Waals surface area contributed by atoms with Gasteiger partial charge in [-0.25, -0.2) is 19.3 Å². The zero-order chi connectivity index (χ0) is 20.9. The van der Waals surface area contributed by atoms with Crippen molar-refractivity contribution in [3.05, 3.63) is 76.6 Å². The van der Waals surface area contributed by atoms with Gasteiger partial charge in [-0.3, -0.25) is 4.98 Å². The molecule has 1 aromatic carbocycles. The van der Waals surface area contributed by atoms with Gasteiger partial charge in [-0.2, -0.15) is 0 Å². The molecule has 1 atom stereocenters. The largest absolute Gasteiger partial charge is 0.362 e. The van der Waals surface area contributed by atoms with Crippen LogP contribution in [0.3, 0.4) is 0 Å². The smallest absolute Gasteiger partial charge is 0.157 e. The number of thiazole rings is 1. The molecule has 0 amide bonds. The van der Waals surface area contributed by atoms with Crippen molar-refractivity contribution >= 4 is 27.5 Å². The summed E-state index contributed by atoms with van der Waals surface area (Å²) in [5.74, 6) is 0.247. The molecule has 154 valence electrons. The molecule has 8 heteroatoms. The van der Waals surface area contributed by atoms with Crippen molar-refractivity contribution < 1.29 is 4.39 Å². The van der Waals surface area contributed by atoms with E-state index >= 15 is 0 Å². The Morgan fingerprint density at radius 2 is 1.97 bits per heavy atom. The van der Waals surface area contributed by atoms with Crippen LogP contribution >= 0.6 is 11.3 Å². The number of fused-ring (bicyclic) bond motifs is 1. The van der Waals surface area contributed by atoms with Crippen molar-refractivity contribution in [2.75, 3.05) is 11.9 Å². The molecule has 1 unspecified atom stereocenters. The Bertz CT molecular complexity index is 1150. The maximum atomic E-state index is 13.8. The zero-order valence-electron chi connectivity index (χ0n) is 16.9. The first-order valence-electron chi connectivity index (χ1n) is 9.84. The van der Waals surface area contributed by atoms with Gasteiger partial charge in [0, 0.05) is 25.2 Å². The van der Waals surface area contributed by atoms with Crippen LogP contribution in [0.1, 0.15) is 34.8 Å². The molecule has 6 nitrogen and oxygen atoms in total. The quantitative estimate of drug-likeness (QED) is 0.437. The van der Waals surface area contributed by atoms with E-state index in [9.17, 15) is 4.39 Å². The van der Waals surface area contributed by atoms with E-state index < -0.39 is 0 Å². The molecule has 0 radical (unpaired) electrons. The van der Waals surface area contributed by atoms with Gasteiger partial charge in [0.2, 0.25) is 0 Å². The molecule has 0 aliphatic rings. The fourth-order valence-electron chi connectivity index (χ4n) is 3.33. The summed E-state index contributed by atoms with van der Waals surface area (Å²) in [7, 11) is 0. The van der Waals surface area contributed by atoms with Crippen LogP contribution in [-0.4, -0.2) is 26.5 Å². The molecule has 30 heavy (non-hydrogen) atoms. The van der Waals surface area contributed by atoms with E-state index in [4.69, 9.17) is 4.98 Å². The highest BCUT2D eigenvalue weighted by atomic mass is 32.1. The Morgan fingerprint density at radius 1 is 1.10 bits per heavy atom. The topological polar surface area (TPSA) is 75.6 Å². The molecule has 0 spiro atoms. The number of hydrogen-bond donors (Lipinski definition) is 2. The first-order chi connectivity index (χ1) is 14.6. The lowest BCUT2D eigenvalue weighted by Crippen LogP contribution is -2.21. The third-order valence-electron chi connectivity index (χ3n) is 4.94. The summed E-state index contributed by atoms with van der Waals surface area (Å²) in [5, 5.41) is 7.69. The fourth-order valence-corrected chi connectivity index (χ4v) is 4.23. The molecule has 0 bridgehead atoms. The van der Waals surface area contributed by atoms with Crippen molar-refractivity contribution in [2.24, 2.45) is 0 Å². The number of nitrogens with one attached hydrogen (secondary N) is 2. The minimum atomic E-state index is -0.344. The summed E-state index contributed by atoms with van der Waals surface area (Å²) in [6.45, 7) is 5.35. The molecule has 0 saturated heterocycles. The van der Waals surface area contributed by atoms with Crippen molar-refractivity contribution in [1.29, 1.82) is 0 Å². The lowest BCUT2D eigenvalue weighted by Gasteiger charge is -2.16. The van der Waals surface area contributed by atoms with Gasteiger partial charge in [0.05, 0.1) is 17.2 Å². The number of rotatable bonds is 8. The van der Waals surface area contributed by atoms with E-state index in [0.717, 1.165) is 22.8 Å². The summed E-state index contributed by atoms with van der Waals surface area (Å²) in [6, 6.07) is 11.6. The monoisotopic (exact) mass is 422 g/mol. The van der Waals surface area contributed by atoms with E-state index in [-0.39, 0.29) is 18.4 Å². The molecular weight excluding hydrogens is 399 g/mol. The first-order valence-corrected chi connectivity index (χ1v) is 10.7. The van der Waals surface area contributed by atoms with Gasteiger partial charge in [0.15, 0.2) is 5.82 Å². The molecule has 4 aromatic rings. The first kappa shape index (κ1) is 20.3. The lowest BCUT2D eigenvalue weighted by atomic mass is 10.0. The second-order valence-corrected chi connectivity index (χ2v) is 8.11. The number of aryl methyl sites for hydroxylation is 1. The van der Waals surface area contributed by atoms with E-state index in [2.05, 4.69) is 63.7 Å². The zero-order valence-corrected chi connectivity index (χ0v) is 17.7. The maximum Gasteiger partial charge on any atom is 0.157 e. The average molecular weight is 423 g/mol. The third-order valence-corrected chi connectivity index (χ3v) is 5.97. The van der Waals surface area contributed by atoms with Crippen LogP contribution in [-0.2, 0) is 13.0 Å². The second kappa shape index (κ2) is 9.23. The minimum absolute atomic E-state index is 0.237. The second-order valence-electron chi connectivity index (χ2n) is 7.05. The van der Waals surface area contributed by atoms with Crippen LogP contribution < -0.4 is 10.6 Å². The highest BCUT2D eigenvalue weighted by Gasteiger charge is 2.13. The molecule has 0 aliphatic carbocycles. The van der Waals surface area contributed by atoms with Gasteiger partial charge in [0.25, 0.3) is 0 Å². The lowest BCUT2D eigenvalue weighted by molar-refractivity contribution is 0.574. The summed E-state index contributed by atoms with van der Waals surface area (Å²) in [6.07, 6.45) is 3.87. The van der Waals surface area contributed by atoms with Crippen molar-refractivity contribution in [1.82, 2.24) is 25.3 Å². The Labute approximate surface area is 178 Å². The fraction of sp³-hybridized carbons (Fsp3) is 0.273. The molecule has 0 aliphatic heterocycles. The third kappa shape index (κ3) is 4.60. The van der Waals surface area contributed by atoms with Crippen LogP contribution in [0.4, 0.5) is 10.2 Å². The van der Waals surface area contributed by atoms with Gasteiger partial charge < -0.3 is 10.6 Å². The molecule has 3 heterocycles. The van der Waals surface area contributed by atoms with E-state index in [1.54, 1.807) is 23.6 Å². The van der Waals surface area contributed by atoms with E-state index in [1.807, 2.05) is 0 Å². The van der Waals surface area contributed by atoms with Crippen molar-refractivity contribution in [3.63, 3.8) is 0 Å². The van der Waals surface area contributed by atoms with Crippen molar-refractivity contribution in [2.45, 2.75) is 32.9 Å². The van der Waals surface area contributed by atoms with Gasteiger partial charge in [-0.1, -0.05) is 35.6 Å². The summed E-state index contributed by atoms with van der Waals surface area (Å²) in [4.78, 5) is 18.2. The average Bonchev–Trinajstić information content (AvgIpc) is 3.17. The number of pyridine rings is 1. The molecule has 4 rings (SSSR count). The van der Waals surface area contributed by atoms with Crippen LogP contribution in [0.2, 0.25) is 0 Å². The van der Waals surface area contributed by atoms with Crippen LogP contribution in [0.25, 0.3) is 10.3 Å². The standard InChI is InChI=1S/C22H23FN6S/c1-14-6-3-4-7-16(14)15(2)24-11-9-19-29-20-21(27-13-28-22(20)30-19)26-12-18-17(23)8-5-10-25-18/h3-8,10,13,15,24H,9,11-12H2,1-2H3,(H,26,27,28). The van der Waals surface area contributed by atoms with Crippen molar-refractivity contribution in [3.8, 4) is 0 Å². The number of hydrogen-bond acceptors (Lipinski definition) is 7. The molecule has 0 saturated carbocycles. The predicted molar refractivity (Wildman–Crippen MR) is 118 cm³/mol. The van der Waals surface area contributed by atoms with E-state index in [0.29, 0.717) is 17.0 Å². The number of aromatic nitrogens is 4. The van der Waals surface area contributed by atoms with E-state index in [1.165, 1.54) is 23.5 Å². The number of nitrogens with zero attached hydrogens (tertiary/aromatic N) is 4. The normalized spacial score (nSPS) is 12.2. The number of benzene rings is 1. The van der Waals surface area contributed by atoms with Crippen LogP contribution in [0, 0.1) is 12.7 Å². The summed E-state index contributed by atoms with van der Waals surface area (Å²) < 4.78 is 13.8. The highest BCUT2D eigenvalue weighted by molar-refractivity contribution is 7.18. The molecular formula is C22H23FN6S. The van der Waals surface area contributed by atoms with Gasteiger partial charge in [0.1, 0.15) is 22.5 Å². The Balaban J connectivity index is 1.40. The maximum absolute atomic E-state index is 13.8. The van der Waals surface area contributed by atoms with Crippen LogP contribution in [0.5, 0.6) is 0 Å². The number of anilines is 1. The highest BCUT2D eigenvalue weighted by Crippen LogP contribution is 2.25. The molecule has 0 fully saturated rings. The molecule has 3 aromatic heterocycles.